The third kappa shape index (κ3) is 7.60. The van der Waals surface area contributed by atoms with E-state index >= 15 is 0 Å². The van der Waals surface area contributed by atoms with Crippen LogP contribution >= 0.6 is 43.2 Å². The number of hydrogen-bond acceptors (Lipinski definition) is 3. The van der Waals surface area contributed by atoms with Crippen LogP contribution in [-0.4, -0.2) is 17.3 Å². The Morgan fingerprint density at radius 1 is 0.516 bits per heavy atom. The molecule has 0 saturated heterocycles. The summed E-state index contributed by atoms with van der Waals surface area (Å²) in [5.41, 5.74) is 0. The predicted octanol–water partition coefficient (Wildman–Crippen LogP) is 7.95. The molecular formula is C27H33PS3. The van der Waals surface area contributed by atoms with Gasteiger partial charge < -0.3 is 0 Å². The van der Waals surface area contributed by atoms with E-state index in [1.54, 1.807) is 0 Å². The van der Waals surface area contributed by atoms with E-state index in [9.17, 15) is 0 Å². The summed E-state index contributed by atoms with van der Waals surface area (Å²) in [6, 6.07) is 27.8. The Bertz CT molecular complexity index is 819. The monoisotopic (exact) mass is 484 g/mol. The van der Waals surface area contributed by atoms with E-state index in [0.717, 1.165) is 0 Å². The zero-order valence-electron chi connectivity index (χ0n) is 18.8. The molecule has 3 aromatic rings. The van der Waals surface area contributed by atoms with Gasteiger partial charge in [0.25, 0.3) is 0 Å². The molecule has 0 amide bonds. The Morgan fingerprint density at radius 3 is 1.13 bits per heavy atom. The van der Waals surface area contributed by atoms with Crippen LogP contribution in [0.4, 0.5) is 0 Å². The Balaban J connectivity index is 2.03. The highest BCUT2D eigenvalue weighted by Gasteiger charge is 2.18. The molecule has 0 unspecified atom stereocenters. The highest BCUT2D eigenvalue weighted by molar-refractivity contribution is 7.99. The normalized spacial score (nSPS) is 11.2. The van der Waals surface area contributed by atoms with Crippen LogP contribution in [0.5, 0.6) is 0 Å². The first-order valence-electron chi connectivity index (χ1n) is 11.2. The summed E-state index contributed by atoms with van der Waals surface area (Å²) in [5.74, 6) is 3.52. The van der Waals surface area contributed by atoms with Crippen LogP contribution in [0.2, 0.25) is 0 Å². The lowest BCUT2D eigenvalue weighted by atomic mass is 10.3. The molecule has 3 rings (SSSR count). The van der Waals surface area contributed by atoms with E-state index in [2.05, 4.69) is 93.6 Å². The van der Waals surface area contributed by atoms with Crippen molar-refractivity contribution >= 4 is 59.1 Å². The molecular weight excluding hydrogens is 451 g/mol. The maximum Gasteiger partial charge on any atom is 0.00785 e. The van der Waals surface area contributed by atoms with E-state index in [-0.39, 0.29) is 0 Å². The Morgan fingerprint density at radius 2 is 0.839 bits per heavy atom. The molecule has 0 heterocycles. The van der Waals surface area contributed by atoms with Crippen LogP contribution in [0.15, 0.2) is 87.5 Å². The lowest BCUT2D eigenvalue weighted by Crippen LogP contribution is -2.21. The Kier molecular flexibility index (Phi) is 10.9. The first kappa shape index (κ1) is 24.8. The van der Waals surface area contributed by atoms with Crippen LogP contribution in [0, 0.1) is 0 Å². The molecule has 0 saturated carbocycles. The molecule has 4 heteroatoms. The van der Waals surface area contributed by atoms with Gasteiger partial charge in [-0.15, -0.1) is 35.3 Å². The number of hydrogen-bond donors (Lipinski definition) is 0. The van der Waals surface area contributed by atoms with Crippen molar-refractivity contribution in [1.82, 2.24) is 0 Å². The Hall–Kier alpha value is -0.860. The van der Waals surface area contributed by atoms with E-state index in [4.69, 9.17) is 0 Å². The maximum absolute atomic E-state index is 2.43. The summed E-state index contributed by atoms with van der Waals surface area (Å²) >= 11 is 5.92. The minimum Gasteiger partial charge on any atom is -0.126 e. The molecule has 0 N–H and O–H groups in total. The SMILES string of the molecule is CCCSc1cccc(P(c2cccc(SCCC)c2)c2cccc(SCCC)c2)c1. The predicted molar refractivity (Wildman–Crippen MR) is 148 cm³/mol. The van der Waals surface area contributed by atoms with Crippen molar-refractivity contribution in [1.29, 1.82) is 0 Å². The van der Waals surface area contributed by atoms with E-state index in [1.807, 2.05) is 35.3 Å². The van der Waals surface area contributed by atoms with Gasteiger partial charge >= 0.3 is 0 Å². The number of benzene rings is 3. The highest BCUT2D eigenvalue weighted by Crippen LogP contribution is 2.36. The van der Waals surface area contributed by atoms with Crippen LogP contribution < -0.4 is 15.9 Å². The van der Waals surface area contributed by atoms with E-state index in [0.29, 0.717) is 0 Å². The van der Waals surface area contributed by atoms with E-state index in [1.165, 1.54) is 67.1 Å². The third-order valence-corrected chi connectivity index (χ3v) is 10.6. The molecule has 164 valence electrons. The third-order valence-electron chi connectivity index (χ3n) is 4.65. The minimum absolute atomic E-state index is 0.580. The lowest BCUT2D eigenvalue weighted by Gasteiger charge is -2.21. The van der Waals surface area contributed by atoms with Crippen LogP contribution in [0.25, 0.3) is 0 Å². The summed E-state index contributed by atoms with van der Waals surface area (Å²) in [4.78, 5) is 4.17. The van der Waals surface area contributed by atoms with Gasteiger partial charge in [0.1, 0.15) is 0 Å². The second kappa shape index (κ2) is 13.6. The summed E-state index contributed by atoms with van der Waals surface area (Å²) in [7, 11) is -0.580. The fourth-order valence-corrected chi connectivity index (χ4v) is 8.39. The van der Waals surface area contributed by atoms with Gasteiger partial charge in [0.15, 0.2) is 0 Å². The van der Waals surface area contributed by atoms with Crippen molar-refractivity contribution in [2.75, 3.05) is 17.3 Å². The van der Waals surface area contributed by atoms with Crippen molar-refractivity contribution in [3.63, 3.8) is 0 Å². The zero-order chi connectivity index (χ0) is 21.9. The molecule has 0 aliphatic rings. The van der Waals surface area contributed by atoms with Crippen LogP contribution in [-0.2, 0) is 0 Å². The quantitative estimate of drug-likeness (QED) is 0.189. The molecule has 31 heavy (non-hydrogen) atoms. The molecule has 0 aliphatic carbocycles. The van der Waals surface area contributed by atoms with E-state index < -0.39 is 7.92 Å². The Labute approximate surface area is 203 Å². The molecule has 3 aromatic carbocycles. The summed E-state index contributed by atoms with van der Waals surface area (Å²) < 4.78 is 0. The first-order valence-corrected chi connectivity index (χ1v) is 15.5. The summed E-state index contributed by atoms with van der Waals surface area (Å²) in [5, 5.41) is 4.35. The largest absolute Gasteiger partial charge is 0.126 e. The summed E-state index contributed by atoms with van der Waals surface area (Å²) in [6.45, 7) is 6.76. The fraction of sp³-hybridized carbons (Fsp3) is 0.333. The standard InChI is InChI=1S/C27H33PS3/c1-4-16-29-25-13-7-10-22(19-25)28(23-11-8-14-26(20-23)30-17-5-2)24-12-9-15-27(21-24)31-18-6-3/h7-15,19-21H,4-6,16-18H2,1-3H3. The van der Waals surface area contributed by atoms with Crippen molar-refractivity contribution in [2.45, 2.75) is 54.7 Å². The van der Waals surface area contributed by atoms with Gasteiger partial charge in [0.2, 0.25) is 0 Å². The second-order valence-corrected chi connectivity index (χ2v) is 13.1. The van der Waals surface area contributed by atoms with Crippen molar-refractivity contribution < 1.29 is 0 Å². The highest BCUT2D eigenvalue weighted by atomic mass is 32.2. The first-order chi connectivity index (χ1) is 15.2. The van der Waals surface area contributed by atoms with Crippen molar-refractivity contribution in [2.24, 2.45) is 0 Å². The van der Waals surface area contributed by atoms with Gasteiger partial charge in [-0.3, -0.25) is 0 Å². The van der Waals surface area contributed by atoms with Crippen molar-refractivity contribution in [3.05, 3.63) is 72.8 Å². The molecule has 0 aliphatic heterocycles. The smallest absolute Gasteiger partial charge is 0.00785 e. The van der Waals surface area contributed by atoms with Gasteiger partial charge in [0.05, 0.1) is 0 Å². The molecule has 0 fully saturated rings. The van der Waals surface area contributed by atoms with Gasteiger partial charge in [-0.25, -0.2) is 0 Å². The average Bonchev–Trinajstić information content (AvgIpc) is 2.81. The van der Waals surface area contributed by atoms with Gasteiger partial charge in [0, 0.05) is 14.7 Å². The van der Waals surface area contributed by atoms with Gasteiger partial charge in [-0.1, -0.05) is 57.2 Å². The van der Waals surface area contributed by atoms with Gasteiger partial charge in [-0.05, 0) is 96.8 Å². The molecule has 0 spiro atoms. The molecule has 0 bridgehead atoms. The molecule has 0 radical (unpaired) electrons. The average molecular weight is 485 g/mol. The second-order valence-electron chi connectivity index (χ2n) is 7.37. The molecule has 0 nitrogen and oxygen atoms in total. The van der Waals surface area contributed by atoms with Crippen molar-refractivity contribution in [3.8, 4) is 0 Å². The van der Waals surface area contributed by atoms with Crippen LogP contribution in [0.3, 0.4) is 0 Å². The molecule has 0 aromatic heterocycles. The molecule has 0 atom stereocenters. The lowest BCUT2D eigenvalue weighted by molar-refractivity contribution is 1.10. The number of thioether (sulfide) groups is 3. The minimum atomic E-state index is -0.580. The van der Waals surface area contributed by atoms with Gasteiger partial charge in [-0.2, -0.15) is 0 Å². The maximum atomic E-state index is 2.43. The zero-order valence-corrected chi connectivity index (χ0v) is 22.2. The summed E-state index contributed by atoms with van der Waals surface area (Å²) in [6.07, 6.45) is 3.62. The number of rotatable bonds is 12. The topological polar surface area (TPSA) is 0 Å². The fourth-order valence-electron chi connectivity index (χ4n) is 3.24. The van der Waals surface area contributed by atoms with Crippen LogP contribution in [0.1, 0.15) is 40.0 Å².